The van der Waals surface area contributed by atoms with Gasteiger partial charge in [0.15, 0.2) is 5.79 Å². The monoisotopic (exact) mass is 621 g/mol. The molecule has 5 aliphatic rings. The molecule has 9 nitrogen and oxygen atoms in total. The number of hydrogen-bond acceptors (Lipinski definition) is 7. The van der Waals surface area contributed by atoms with Gasteiger partial charge in [-0.1, -0.05) is 30.3 Å². The molecule has 3 saturated heterocycles. The molecular weight excluding hydrogens is 588 g/mol. The summed E-state index contributed by atoms with van der Waals surface area (Å²) in [5.74, 6) is -1.83. The Morgan fingerprint density at radius 1 is 0.870 bits per heavy atom. The normalized spacial score (nSPS) is 28.5. The van der Waals surface area contributed by atoms with Gasteiger partial charge >= 0.3 is 0 Å². The molecule has 1 unspecified atom stereocenters. The van der Waals surface area contributed by atoms with E-state index in [1.807, 2.05) is 36.4 Å². The minimum atomic E-state index is -3.16. The minimum Gasteiger partial charge on any atom is -0.346 e. The predicted molar refractivity (Wildman–Crippen MR) is 168 cm³/mol. The molecule has 10 rings (SSSR count). The van der Waals surface area contributed by atoms with Gasteiger partial charge in [-0.05, 0) is 71.7 Å². The molecule has 6 N–H and O–H groups in total. The van der Waals surface area contributed by atoms with Crippen LogP contribution in [0.1, 0.15) is 54.5 Å². The fourth-order valence-corrected chi connectivity index (χ4v) is 8.49. The van der Waals surface area contributed by atoms with Crippen LogP contribution >= 0.6 is 0 Å². The third-order valence-electron chi connectivity index (χ3n) is 10.8. The molecule has 46 heavy (non-hydrogen) atoms. The summed E-state index contributed by atoms with van der Waals surface area (Å²) in [4.78, 5) is 16.2. The summed E-state index contributed by atoms with van der Waals surface area (Å²) in [7, 11) is 0. The molecule has 4 fully saturated rings. The van der Waals surface area contributed by atoms with Crippen molar-refractivity contribution < 1.29 is 18.3 Å². The van der Waals surface area contributed by atoms with Crippen molar-refractivity contribution in [3.05, 3.63) is 83.6 Å². The number of alkyl halides is 2. The topological polar surface area (TPSA) is 126 Å². The standard InChI is InChI=1S/C35H33F2N7O2/c36-35(37)25-12-18(19-4-8-27-28(14-19)43-31(42-27)30-21-1-5-22(11-21)41-30)2-6-23(25)24-7-3-20(13-26(24)35)29-15-39-32(44-29)34(38)16-33(17-40-34)45-9-10-46-33/h2-4,6-8,12-15,21-22,30,40-41H,1,5,9-11,16-17,38H2,(H,39,44)(H,42,43)/t21-,22-,30?,34-/m1/s1. The van der Waals surface area contributed by atoms with E-state index >= 15 is 8.78 Å². The van der Waals surface area contributed by atoms with Crippen molar-refractivity contribution in [2.24, 2.45) is 11.7 Å². The summed E-state index contributed by atoms with van der Waals surface area (Å²) < 4.78 is 44.0. The maximum absolute atomic E-state index is 16.2. The van der Waals surface area contributed by atoms with Gasteiger partial charge in [0, 0.05) is 29.2 Å². The summed E-state index contributed by atoms with van der Waals surface area (Å²) in [6.07, 6.45) is 5.71. The van der Waals surface area contributed by atoms with Crippen LogP contribution in [0.4, 0.5) is 8.78 Å². The third kappa shape index (κ3) is 3.89. The highest BCUT2D eigenvalue weighted by Crippen LogP contribution is 2.53. The molecule has 2 aliphatic carbocycles. The largest absolute Gasteiger partial charge is 0.346 e. The third-order valence-corrected chi connectivity index (χ3v) is 10.8. The number of piperidine rings is 1. The number of aromatic nitrogens is 4. The van der Waals surface area contributed by atoms with Gasteiger partial charge in [0.2, 0.25) is 0 Å². The second-order valence-corrected chi connectivity index (χ2v) is 13.6. The second kappa shape index (κ2) is 9.30. The van der Waals surface area contributed by atoms with E-state index in [4.69, 9.17) is 20.2 Å². The van der Waals surface area contributed by atoms with Crippen molar-refractivity contribution >= 4 is 11.0 Å². The molecule has 0 amide bonds. The van der Waals surface area contributed by atoms with Gasteiger partial charge in [-0.15, -0.1) is 0 Å². The fraction of sp³-hybridized carbons (Fsp3) is 0.371. The number of fused-ring (bicyclic) bond motifs is 6. The second-order valence-electron chi connectivity index (χ2n) is 13.6. The summed E-state index contributed by atoms with van der Waals surface area (Å²) in [5.41, 5.74) is 11.4. The molecule has 0 radical (unpaired) electrons. The quantitative estimate of drug-likeness (QED) is 0.182. The van der Waals surface area contributed by atoms with Crippen molar-refractivity contribution in [1.29, 1.82) is 0 Å². The average molecular weight is 622 g/mol. The first-order valence-electron chi connectivity index (χ1n) is 16.1. The van der Waals surface area contributed by atoms with Gasteiger partial charge < -0.3 is 30.5 Å². The first-order chi connectivity index (χ1) is 22.3. The zero-order valence-electron chi connectivity index (χ0n) is 25.0. The van der Waals surface area contributed by atoms with Gasteiger partial charge in [0.25, 0.3) is 5.92 Å². The molecule has 2 aromatic heterocycles. The van der Waals surface area contributed by atoms with E-state index in [9.17, 15) is 0 Å². The van der Waals surface area contributed by atoms with Crippen LogP contribution in [0.15, 0.2) is 60.8 Å². The van der Waals surface area contributed by atoms with Crippen molar-refractivity contribution in [2.75, 3.05) is 19.8 Å². The first kappa shape index (κ1) is 27.1. The Bertz CT molecular complexity index is 2050. The van der Waals surface area contributed by atoms with E-state index in [0.717, 1.165) is 28.0 Å². The molecule has 5 heterocycles. The lowest BCUT2D eigenvalue weighted by Crippen LogP contribution is -2.46. The molecule has 3 aliphatic heterocycles. The van der Waals surface area contributed by atoms with E-state index in [0.29, 0.717) is 66.3 Å². The number of nitrogens with one attached hydrogen (secondary N) is 4. The number of hydrogen-bond donors (Lipinski definition) is 5. The average Bonchev–Trinajstić information content (AvgIpc) is 3.92. The first-order valence-corrected chi connectivity index (χ1v) is 16.1. The number of halogens is 2. The molecule has 234 valence electrons. The van der Waals surface area contributed by atoms with Crippen molar-refractivity contribution in [2.45, 2.75) is 55.1 Å². The van der Waals surface area contributed by atoms with Gasteiger partial charge in [-0.25, -0.2) is 9.97 Å². The smallest absolute Gasteiger partial charge is 0.299 e. The van der Waals surface area contributed by atoms with E-state index in [2.05, 4.69) is 25.6 Å². The van der Waals surface area contributed by atoms with Crippen LogP contribution in [-0.4, -0.2) is 51.5 Å². The van der Waals surface area contributed by atoms with Gasteiger partial charge in [-0.3, -0.25) is 5.32 Å². The van der Waals surface area contributed by atoms with Crippen LogP contribution in [0.3, 0.4) is 0 Å². The Morgan fingerprint density at radius 3 is 2.37 bits per heavy atom. The lowest BCUT2D eigenvalue weighted by Gasteiger charge is -2.24. The zero-order valence-corrected chi connectivity index (χ0v) is 25.0. The Hall–Kier alpha value is -4.00. The minimum absolute atomic E-state index is 0.0111. The Morgan fingerprint density at radius 2 is 1.61 bits per heavy atom. The summed E-state index contributed by atoms with van der Waals surface area (Å²) in [6, 6.07) is 17.4. The molecule has 3 aromatic carbocycles. The molecule has 5 aromatic rings. The highest BCUT2D eigenvalue weighted by Gasteiger charge is 2.52. The Labute approximate surface area is 263 Å². The highest BCUT2D eigenvalue weighted by atomic mass is 19.3. The number of nitrogens with two attached hydrogens (primary N) is 1. The molecular formula is C35H33F2N7O2. The lowest BCUT2D eigenvalue weighted by molar-refractivity contribution is -0.143. The van der Waals surface area contributed by atoms with E-state index < -0.39 is 17.4 Å². The van der Waals surface area contributed by atoms with Crippen LogP contribution in [0, 0.1) is 5.92 Å². The van der Waals surface area contributed by atoms with Crippen molar-refractivity contribution in [3.8, 4) is 33.5 Å². The van der Waals surface area contributed by atoms with Crippen LogP contribution < -0.4 is 16.4 Å². The van der Waals surface area contributed by atoms with Gasteiger partial charge in [0.05, 0.1) is 48.7 Å². The van der Waals surface area contributed by atoms with Gasteiger partial charge in [0.1, 0.15) is 17.3 Å². The number of aromatic amines is 2. The van der Waals surface area contributed by atoms with Crippen molar-refractivity contribution in [1.82, 2.24) is 30.6 Å². The fourth-order valence-electron chi connectivity index (χ4n) is 8.49. The Kier molecular flexibility index (Phi) is 5.49. The molecule has 4 atom stereocenters. The number of imidazole rings is 2. The number of rotatable bonds is 4. The maximum Gasteiger partial charge on any atom is 0.299 e. The van der Waals surface area contributed by atoms with E-state index in [1.54, 1.807) is 24.4 Å². The summed E-state index contributed by atoms with van der Waals surface area (Å²) in [5, 5.41) is 6.97. The number of benzene rings is 3. The maximum atomic E-state index is 16.2. The molecule has 1 spiro atoms. The van der Waals surface area contributed by atoms with E-state index in [1.165, 1.54) is 19.3 Å². The predicted octanol–water partition coefficient (Wildman–Crippen LogP) is 5.40. The molecule has 2 bridgehead atoms. The number of ether oxygens (including phenoxy) is 2. The highest BCUT2D eigenvalue weighted by molar-refractivity contribution is 5.87. The number of nitrogens with zero attached hydrogens (tertiary/aromatic N) is 2. The zero-order chi connectivity index (χ0) is 30.8. The van der Waals surface area contributed by atoms with E-state index in [-0.39, 0.29) is 17.2 Å². The SMILES string of the molecule is N[C@]1(c2ncc(-c3ccc4c(c3)C(F)(F)c3cc(-c5ccc6nc(C7N[C@@H]8CC[C@@H]7C8)[nH]c6c5)ccc3-4)[nH]2)CC2(CN1)OCCO2. The lowest BCUT2D eigenvalue weighted by atomic mass is 9.98. The molecule has 11 heteroatoms. The number of H-pyrrole nitrogens is 2. The van der Waals surface area contributed by atoms with Crippen LogP contribution in [0.2, 0.25) is 0 Å². The summed E-state index contributed by atoms with van der Waals surface area (Å²) in [6.45, 7) is 1.49. The summed E-state index contributed by atoms with van der Waals surface area (Å²) >= 11 is 0. The van der Waals surface area contributed by atoms with Crippen LogP contribution in [0.5, 0.6) is 0 Å². The van der Waals surface area contributed by atoms with Crippen LogP contribution in [0.25, 0.3) is 44.5 Å². The van der Waals surface area contributed by atoms with Crippen LogP contribution in [-0.2, 0) is 21.1 Å². The van der Waals surface area contributed by atoms with Crippen molar-refractivity contribution in [3.63, 3.8) is 0 Å². The Balaban J connectivity index is 0.943. The molecule has 1 saturated carbocycles. The van der Waals surface area contributed by atoms with Gasteiger partial charge in [-0.2, -0.15) is 8.78 Å².